The van der Waals surface area contributed by atoms with E-state index < -0.39 is 27.3 Å². The van der Waals surface area contributed by atoms with E-state index in [0.717, 1.165) is 19.1 Å². The zero-order chi connectivity index (χ0) is 18.7. The molecule has 1 amide bonds. The topological polar surface area (TPSA) is 110 Å². The van der Waals surface area contributed by atoms with E-state index in [9.17, 15) is 23.1 Å². The lowest BCUT2D eigenvalue weighted by Gasteiger charge is -2.29. The van der Waals surface area contributed by atoms with Crippen molar-refractivity contribution in [1.82, 2.24) is 5.32 Å². The summed E-state index contributed by atoms with van der Waals surface area (Å²) in [6, 6.07) is 3.96. The number of hydrogen-bond donors (Lipinski definition) is 2. The molecule has 0 bridgehead atoms. The van der Waals surface area contributed by atoms with Crippen LogP contribution >= 0.6 is 0 Å². The second-order valence-corrected chi connectivity index (χ2v) is 8.41. The molecule has 0 atom stereocenters. The Morgan fingerprint density at radius 1 is 1.16 bits per heavy atom. The quantitative estimate of drug-likeness (QED) is 0.768. The molecule has 138 valence electrons. The van der Waals surface area contributed by atoms with Gasteiger partial charge in [0.2, 0.25) is 0 Å². The second-order valence-electron chi connectivity index (χ2n) is 6.39. The number of carboxylic acids is 1. The lowest BCUT2D eigenvalue weighted by molar-refractivity contribution is -0.145. The third-order valence-electron chi connectivity index (χ3n) is 4.56. The van der Waals surface area contributed by atoms with Crippen molar-refractivity contribution in [3.63, 3.8) is 0 Å². The molecule has 0 aromatic heterocycles. The molecule has 0 radical (unpaired) electrons. The number of carbonyl (C=O) groups excluding carboxylic acids is 1. The van der Waals surface area contributed by atoms with Crippen molar-refractivity contribution in [2.45, 2.75) is 49.0 Å². The number of carboxylic acid groups (broad SMARTS) is 1. The monoisotopic (exact) mass is 369 g/mol. The van der Waals surface area contributed by atoms with Crippen LogP contribution in [-0.4, -0.2) is 44.3 Å². The first-order chi connectivity index (χ1) is 11.7. The number of sulfone groups is 1. The highest BCUT2D eigenvalue weighted by Crippen LogP contribution is 2.29. The second kappa shape index (κ2) is 7.43. The van der Waals surface area contributed by atoms with E-state index in [1.54, 1.807) is 0 Å². The molecule has 0 aliphatic heterocycles. The summed E-state index contributed by atoms with van der Waals surface area (Å²) in [4.78, 5) is 24.6. The van der Waals surface area contributed by atoms with Crippen LogP contribution in [0.5, 0.6) is 5.75 Å². The number of ether oxygens (including phenoxy) is 1. The Morgan fingerprint density at radius 3 is 2.24 bits per heavy atom. The average Bonchev–Trinajstić information content (AvgIpc) is 2.80. The summed E-state index contributed by atoms with van der Waals surface area (Å²) < 4.78 is 28.6. The smallest absolute Gasteiger partial charge is 0.329 e. The Kier molecular flexibility index (Phi) is 5.72. The highest BCUT2D eigenvalue weighted by atomic mass is 32.2. The van der Waals surface area contributed by atoms with Crippen molar-refractivity contribution in [1.29, 1.82) is 0 Å². The Hall–Kier alpha value is -2.09. The Bertz CT molecular complexity index is 763. The molecule has 1 aliphatic rings. The molecule has 7 nitrogen and oxygen atoms in total. The van der Waals surface area contributed by atoms with E-state index in [4.69, 9.17) is 4.74 Å². The van der Waals surface area contributed by atoms with Gasteiger partial charge in [-0.3, -0.25) is 4.79 Å². The molecule has 1 saturated carbocycles. The molecule has 1 aromatic rings. The molecule has 0 saturated heterocycles. The predicted molar refractivity (Wildman–Crippen MR) is 91.6 cm³/mol. The lowest BCUT2D eigenvalue weighted by Crippen LogP contribution is -2.54. The number of carbonyl (C=O) groups is 2. The number of aliphatic carboxylic acids is 1. The summed E-state index contributed by atoms with van der Waals surface area (Å²) in [5, 5.41) is 12.3. The van der Waals surface area contributed by atoms with Crippen LogP contribution < -0.4 is 10.1 Å². The zero-order valence-electron chi connectivity index (χ0n) is 14.4. The molecule has 0 unspecified atom stereocenters. The van der Waals surface area contributed by atoms with Crippen LogP contribution in [0.3, 0.4) is 0 Å². The maximum absolute atomic E-state index is 12.7. The fraction of sp³-hybridized carbons (Fsp3) is 0.529. The van der Waals surface area contributed by atoms with Gasteiger partial charge < -0.3 is 15.2 Å². The van der Waals surface area contributed by atoms with Gasteiger partial charge >= 0.3 is 5.97 Å². The minimum absolute atomic E-state index is 0.00953. The average molecular weight is 369 g/mol. The highest BCUT2D eigenvalue weighted by molar-refractivity contribution is 7.90. The Labute approximate surface area is 147 Å². The normalized spacial score (nSPS) is 17.4. The Morgan fingerprint density at radius 2 is 1.76 bits per heavy atom. The minimum Gasteiger partial charge on any atom is -0.496 e. The summed E-state index contributed by atoms with van der Waals surface area (Å²) in [6.07, 6.45) is 5.03. The summed E-state index contributed by atoms with van der Waals surface area (Å²) in [5.41, 5.74) is -1.32. The van der Waals surface area contributed by atoms with Gasteiger partial charge in [-0.05, 0) is 31.0 Å². The minimum atomic E-state index is -3.51. The molecule has 1 fully saturated rings. The van der Waals surface area contributed by atoms with Crippen molar-refractivity contribution in [2.75, 3.05) is 13.4 Å². The van der Waals surface area contributed by atoms with Gasteiger partial charge in [0.15, 0.2) is 9.84 Å². The van der Waals surface area contributed by atoms with E-state index in [1.165, 1.54) is 25.3 Å². The number of rotatable bonds is 5. The van der Waals surface area contributed by atoms with Gasteiger partial charge in [-0.15, -0.1) is 0 Å². The summed E-state index contributed by atoms with van der Waals surface area (Å²) >= 11 is 0. The van der Waals surface area contributed by atoms with E-state index in [1.807, 2.05) is 0 Å². The molecule has 25 heavy (non-hydrogen) atoms. The van der Waals surface area contributed by atoms with Gasteiger partial charge in [-0.2, -0.15) is 0 Å². The number of methoxy groups -OCH3 is 1. The molecule has 2 rings (SSSR count). The van der Waals surface area contributed by atoms with Crippen LogP contribution in [0.15, 0.2) is 23.1 Å². The molecule has 0 spiro atoms. The first-order valence-electron chi connectivity index (χ1n) is 8.14. The van der Waals surface area contributed by atoms with Gasteiger partial charge in [-0.1, -0.05) is 25.7 Å². The SMILES string of the molecule is COc1ccc(S(C)(=O)=O)cc1C(=O)NC1(C(=O)O)CCCCCC1. The van der Waals surface area contributed by atoms with Gasteiger partial charge in [0, 0.05) is 6.26 Å². The third-order valence-corrected chi connectivity index (χ3v) is 5.67. The van der Waals surface area contributed by atoms with Crippen molar-refractivity contribution in [2.24, 2.45) is 0 Å². The van der Waals surface area contributed by atoms with Gasteiger partial charge in [0.05, 0.1) is 17.6 Å². The molecule has 1 aromatic carbocycles. The van der Waals surface area contributed by atoms with Crippen LogP contribution in [0.4, 0.5) is 0 Å². The standard InChI is InChI=1S/C17H23NO6S/c1-24-14-8-7-12(25(2,22)23)11-13(14)15(19)18-17(16(20)21)9-5-3-4-6-10-17/h7-8,11H,3-6,9-10H2,1-2H3,(H,18,19)(H,20,21). The molecule has 8 heteroatoms. The van der Waals surface area contributed by atoms with E-state index in [2.05, 4.69) is 5.32 Å². The van der Waals surface area contributed by atoms with E-state index in [-0.39, 0.29) is 16.2 Å². The van der Waals surface area contributed by atoms with E-state index >= 15 is 0 Å². The van der Waals surface area contributed by atoms with Gasteiger partial charge in [0.1, 0.15) is 11.3 Å². The van der Waals surface area contributed by atoms with Gasteiger partial charge in [-0.25, -0.2) is 13.2 Å². The van der Waals surface area contributed by atoms with Crippen LogP contribution in [0.25, 0.3) is 0 Å². The number of benzene rings is 1. The molecule has 1 aliphatic carbocycles. The van der Waals surface area contributed by atoms with Crippen LogP contribution in [-0.2, 0) is 14.6 Å². The van der Waals surface area contributed by atoms with Crippen LogP contribution in [0.2, 0.25) is 0 Å². The zero-order valence-corrected chi connectivity index (χ0v) is 15.2. The predicted octanol–water partition coefficient (Wildman–Crippen LogP) is 2.01. The first kappa shape index (κ1) is 19.2. The fourth-order valence-electron chi connectivity index (χ4n) is 3.10. The summed E-state index contributed by atoms with van der Waals surface area (Å²) in [6.45, 7) is 0. The number of nitrogens with one attached hydrogen (secondary N) is 1. The van der Waals surface area contributed by atoms with Crippen molar-refractivity contribution in [3.05, 3.63) is 23.8 Å². The van der Waals surface area contributed by atoms with Gasteiger partial charge in [0.25, 0.3) is 5.91 Å². The largest absolute Gasteiger partial charge is 0.496 e. The van der Waals surface area contributed by atoms with Crippen molar-refractivity contribution >= 4 is 21.7 Å². The van der Waals surface area contributed by atoms with Crippen LogP contribution in [0.1, 0.15) is 48.9 Å². The molecule has 0 heterocycles. The highest BCUT2D eigenvalue weighted by Gasteiger charge is 2.40. The van der Waals surface area contributed by atoms with Crippen LogP contribution in [0, 0.1) is 0 Å². The summed E-state index contributed by atoms with van der Waals surface area (Å²) in [5.74, 6) is -1.52. The first-order valence-corrected chi connectivity index (χ1v) is 10.0. The number of amides is 1. The lowest BCUT2D eigenvalue weighted by atomic mass is 9.89. The maximum atomic E-state index is 12.7. The summed E-state index contributed by atoms with van der Waals surface area (Å²) in [7, 11) is -2.14. The maximum Gasteiger partial charge on any atom is 0.329 e. The van der Waals surface area contributed by atoms with Crippen molar-refractivity contribution in [3.8, 4) is 5.75 Å². The molecular formula is C17H23NO6S. The molecular weight excluding hydrogens is 346 g/mol. The van der Waals surface area contributed by atoms with E-state index in [0.29, 0.717) is 25.7 Å². The third kappa shape index (κ3) is 4.31. The number of hydrogen-bond acceptors (Lipinski definition) is 5. The fourth-order valence-corrected chi connectivity index (χ4v) is 3.75. The Balaban J connectivity index is 2.40. The molecule has 2 N–H and O–H groups in total. The van der Waals surface area contributed by atoms with Crippen molar-refractivity contribution < 1.29 is 27.9 Å².